The van der Waals surface area contributed by atoms with Gasteiger partial charge < -0.3 is 0 Å². The number of hydrogen-bond acceptors (Lipinski definition) is 2. The lowest BCUT2D eigenvalue weighted by atomic mass is 9.76. The van der Waals surface area contributed by atoms with Gasteiger partial charge in [0, 0.05) is 5.56 Å². The number of benzene rings is 2. The lowest BCUT2D eigenvalue weighted by molar-refractivity contribution is 0.0879. The van der Waals surface area contributed by atoms with Crippen LogP contribution < -0.4 is 10.9 Å². The van der Waals surface area contributed by atoms with Gasteiger partial charge in [-0.05, 0) is 30.0 Å². The first kappa shape index (κ1) is 18.0. The zero-order valence-electron chi connectivity index (χ0n) is 14.5. The molecule has 0 heterocycles. The van der Waals surface area contributed by atoms with E-state index in [-0.39, 0.29) is 17.4 Å². The van der Waals surface area contributed by atoms with E-state index in [0.29, 0.717) is 5.56 Å². The third kappa shape index (κ3) is 3.92. The molecule has 2 rings (SSSR count). The highest BCUT2D eigenvalue weighted by molar-refractivity contribution is 5.93. The lowest BCUT2D eigenvalue weighted by Crippen LogP contribution is -2.55. The summed E-state index contributed by atoms with van der Waals surface area (Å²) in [5, 5.41) is 0. The number of carbonyl (C=O) groups excluding carboxylic acids is 1. The predicted molar refractivity (Wildman–Crippen MR) is 99.4 cm³/mol. The summed E-state index contributed by atoms with van der Waals surface area (Å²) >= 11 is 0. The average Bonchev–Trinajstić information content (AvgIpc) is 2.65. The predicted octanol–water partition coefficient (Wildman–Crippen LogP) is 4.44. The summed E-state index contributed by atoms with van der Waals surface area (Å²) in [6.45, 7) is 8.24. The van der Waals surface area contributed by atoms with Gasteiger partial charge in [0.05, 0.1) is 5.54 Å². The Morgan fingerprint density at radius 2 is 1.71 bits per heavy atom. The van der Waals surface area contributed by atoms with Crippen LogP contribution in [0.4, 0.5) is 0 Å². The van der Waals surface area contributed by atoms with Crippen molar-refractivity contribution in [1.82, 2.24) is 10.9 Å². The molecule has 3 nitrogen and oxygen atoms in total. The summed E-state index contributed by atoms with van der Waals surface area (Å²) in [6.07, 6.45) is 3.81. The molecular weight excluding hydrogens is 296 g/mol. The molecule has 0 bridgehead atoms. The highest BCUT2D eigenvalue weighted by Crippen LogP contribution is 2.34. The van der Waals surface area contributed by atoms with Gasteiger partial charge in [0.2, 0.25) is 0 Å². The second-order valence-corrected chi connectivity index (χ2v) is 6.06. The van der Waals surface area contributed by atoms with Gasteiger partial charge in [0.25, 0.3) is 5.91 Å². The molecule has 0 aromatic heterocycles. The standard InChI is InChI=1S/C21H26N2O/c1-4-16-21(17(3)5-2,19-14-10-7-11-15-19)23-22-20(24)18-12-8-6-9-13-18/h5-15,17,23H,2,4,16H2,1,3H3,(H,22,24)/t17-,21?/m0/s1. The maximum absolute atomic E-state index is 12.4. The molecule has 0 spiro atoms. The molecule has 2 atom stereocenters. The first-order chi connectivity index (χ1) is 11.6. The van der Waals surface area contributed by atoms with Crippen LogP contribution in [0.1, 0.15) is 42.6 Å². The molecule has 0 aliphatic rings. The summed E-state index contributed by atoms with van der Waals surface area (Å²) in [4.78, 5) is 12.4. The van der Waals surface area contributed by atoms with Gasteiger partial charge in [0.1, 0.15) is 0 Å². The van der Waals surface area contributed by atoms with Crippen LogP contribution in [0.5, 0.6) is 0 Å². The van der Waals surface area contributed by atoms with Crippen LogP contribution in [0.15, 0.2) is 73.3 Å². The minimum Gasteiger partial charge on any atom is -0.287 e. The summed E-state index contributed by atoms with van der Waals surface area (Å²) in [6, 6.07) is 19.5. The van der Waals surface area contributed by atoms with E-state index in [4.69, 9.17) is 0 Å². The van der Waals surface area contributed by atoms with E-state index in [0.717, 1.165) is 18.4 Å². The Kier molecular flexibility index (Phi) is 6.33. The summed E-state index contributed by atoms with van der Waals surface area (Å²) < 4.78 is 0. The molecule has 126 valence electrons. The molecule has 1 unspecified atom stereocenters. The first-order valence-electron chi connectivity index (χ1n) is 8.44. The number of rotatable bonds is 8. The summed E-state index contributed by atoms with van der Waals surface area (Å²) in [5.41, 5.74) is 7.62. The van der Waals surface area contributed by atoms with E-state index in [1.54, 1.807) is 12.1 Å². The first-order valence-corrected chi connectivity index (χ1v) is 8.44. The summed E-state index contributed by atoms with van der Waals surface area (Å²) in [5.74, 6) is 0.0131. The molecule has 1 amide bonds. The normalized spacial score (nSPS) is 14.4. The van der Waals surface area contributed by atoms with Crippen molar-refractivity contribution in [1.29, 1.82) is 0 Å². The Hall–Kier alpha value is -2.39. The fraction of sp³-hybridized carbons (Fsp3) is 0.286. The molecule has 0 saturated carbocycles. The fourth-order valence-corrected chi connectivity index (χ4v) is 3.04. The second-order valence-electron chi connectivity index (χ2n) is 6.06. The van der Waals surface area contributed by atoms with Crippen molar-refractivity contribution in [3.8, 4) is 0 Å². The summed E-state index contributed by atoms with van der Waals surface area (Å²) in [7, 11) is 0. The second kappa shape index (κ2) is 8.46. The Labute approximate surface area is 144 Å². The average molecular weight is 322 g/mol. The highest BCUT2D eigenvalue weighted by atomic mass is 16.2. The zero-order valence-corrected chi connectivity index (χ0v) is 14.5. The molecule has 24 heavy (non-hydrogen) atoms. The molecule has 0 saturated heterocycles. The third-order valence-corrected chi connectivity index (χ3v) is 4.50. The van der Waals surface area contributed by atoms with Gasteiger partial charge in [-0.3, -0.25) is 10.2 Å². The van der Waals surface area contributed by atoms with E-state index < -0.39 is 0 Å². The molecule has 0 radical (unpaired) electrons. The Morgan fingerprint density at radius 3 is 2.25 bits per heavy atom. The molecule has 0 aliphatic heterocycles. The maximum Gasteiger partial charge on any atom is 0.265 e. The lowest BCUT2D eigenvalue weighted by Gasteiger charge is -2.39. The van der Waals surface area contributed by atoms with Crippen molar-refractivity contribution >= 4 is 5.91 Å². The SMILES string of the molecule is C=C[C@H](C)C(CCC)(NNC(=O)c1ccccc1)c1ccccc1. The van der Waals surface area contributed by atoms with Crippen molar-refractivity contribution < 1.29 is 4.79 Å². The number of hydrogen-bond donors (Lipinski definition) is 2. The van der Waals surface area contributed by atoms with E-state index in [1.807, 2.05) is 42.5 Å². The van der Waals surface area contributed by atoms with Gasteiger partial charge >= 0.3 is 0 Å². The molecule has 0 aliphatic carbocycles. The monoisotopic (exact) mass is 322 g/mol. The quantitative estimate of drug-likeness (QED) is 0.557. The molecule has 2 aromatic rings. The Balaban J connectivity index is 2.29. The molecular formula is C21H26N2O. The van der Waals surface area contributed by atoms with Gasteiger partial charge in [-0.15, -0.1) is 6.58 Å². The van der Waals surface area contributed by atoms with E-state index in [9.17, 15) is 4.79 Å². The van der Waals surface area contributed by atoms with Crippen molar-refractivity contribution in [3.05, 3.63) is 84.4 Å². The van der Waals surface area contributed by atoms with Gasteiger partial charge in [0.15, 0.2) is 0 Å². The van der Waals surface area contributed by atoms with Crippen LogP contribution in [-0.4, -0.2) is 5.91 Å². The number of amides is 1. The molecule has 3 heteroatoms. The number of carbonyl (C=O) groups is 1. The van der Waals surface area contributed by atoms with Crippen LogP contribution >= 0.6 is 0 Å². The van der Waals surface area contributed by atoms with Crippen LogP contribution in [0.3, 0.4) is 0 Å². The third-order valence-electron chi connectivity index (χ3n) is 4.50. The van der Waals surface area contributed by atoms with Crippen LogP contribution in [-0.2, 0) is 5.54 Å². The molecule has 0 fully saturated rings. The van der Waals surface area contributed by atoms with E-state index in [2.05, 4.69) is 43.4 Å². The van der Waals surface area contributed by atoms with Crippen molar-refractivity contribution in [2.75, 3.05) is 0 Å². The fourth-order valence-electron chi connectivity index (χ4n) is 3.04. The maximum atomic E-state index is 12.4. The van der Waals surface area contributed by atoms with Crippen molar-refractivity contribution in [2.24, 2.45) is 5.92 Å². The largest absolute Gasteiger partial charge is 0.287 e. The van der Waals surface area contributed by atoms with Crippen molar-refractivity contribution in [2.45, 2.75) is 32.2 Å². The van der Waals surface area contributed by atoms with E-state index in [1.165, 1.54) is 0 Å². The van der Waals surface area contributed by atoms with Crippen molar-refractivity contribution in [3.63, 3.8) is 0 Å². The Morgan fingerprint density at radius 1 is 1.12 bits per heavy atom. The topological polar surface area (TPSA) is 41.1 Å². The Bertz CT molecular complexity index is 654. The van der Waals surface area contributed by atoms with Crippen LogP contribution in [0, 0.1) is 5.92 Å². The molecule has 2 aromatic carbocycles. The zero-order chi connectivity index (χ0) is 17.4. The smallest absolute Gasteiger partial charge is 0.265 e. The van der Waals surface area contributed by atoms with Gasteiger partial charge in [-0.1, -0.05) is 74.9 Å². The van der Waals surface area contributed by atoms with Crippen LogP contribution in [0.2, 0.25) is 0 Å². The minimum atomic E-state index is -0.387. The number of nitrogens with one attached hydrogen (secondary N) is 2. The van der Waals surface area contributed by atoms with Crippen LogP contribution in [0.25, 0.3) is 0 Å². The minimum absolute atomic E-state index is 0.136. The van der Waals surface area contributed by atoms with E-state index >= 15 is 0 Å². The molecule has 2 N–H and O–H groups in total. The van der Waals surface area contributed by atoms with Gasteiger partial charge in [-0.25, -0.2) is 5.43 Å². The van der Waals surface area contributed by atoms with Gasteiger partial charge in [-0.2, -0.15) is 0 Å². The number of hydrazine groups is 1. The highest BCUT2D eigenvalue weighted by Gasteiger charge is 2.36.